The van der Waals surface area contributed by atoms with E-state index >= 15 is 0 Å². The second-order valence-electron chi connectivity index (χ2n) is 5.19. The van der Waals surface area contributed by atoms with Gasteiger partial charge in [0.25, 0.3) is 0 Å². The van der Waals surface area contributed by atoms with Gasteiger partial charge in [-0.2, -0.15) is 0 Å². The maximum absolute atomic E-state index is 11.2. The van der Waals surface area contributed by atoms with Crippen molar-refractivity contribution in [1.82, 2.24) is 0 Å². The Morgan fingerprint density at radius 1 is 1.61 bits per heavy atom. The number of aliphatic hydroxyl groups is 1. The quantitative estimate of drug-likeness (QED) is 0.725. The van der Waals surface area contributed by atoms with Crippen molar-refractivity contribution in [2.45, 2.75) is 44.8 Å². The Balaban J connectivity index is 2.24. The van der Waals surface area contributed by atoms with Gasteiger partial charge in [-0.25, -0.2) is 0 Å². The Hall–Kier alpha value is -0.650. The minimum Gasteiger partial charge on any atom is -0.469 e. The Kier molecular flexibility index (Phi) is 6.05. The fourth-order valence-electron chi connectivity index (χ4n) is 2.03. The molecule has 0 aromatic carbocycles. The molecule has 1 aliphatic heterocycles. The lowest BCUT2D eigenvalue weighted by Crippen LogP contribution is -2.45. The molecule has 1 rings (SSSR count). The lowest BCUT2D eigenvalue weighted by atomic mass is 9.95. The first-order valence-electron chi connectivity index (χ1n) is 6.45. The summed E-state index contributed by atoms with van der Waals surface area (Å²) in [5, 5.41) is 8.94. The Bertz CT molecular complexity index is 258. The van der Waals surface area contributed by atoms with Gasteiger partial charge in [0.05, 0.1) is 38.4 Å². The molecular formula is C13H24O5. The Morgan fingerprint density at radius 3 is 2.83 bits per heavy atom. The fourth-order valence-corrected chi connectivity index (χ4v) is 2.03. The summed E-state index contributed by atoms with van der Waals surface area (Å²) in [6.45, 7) is 4.79. The second-order valence-corrected chi connectivity index (χ2v) is 5.19. The molecule has 1 fully saturated rings. The SMILES string of the molecule is COC(=O)C(C)CCC[C@@]1(C)COC(CO)CO1. The van der Waals surface area contributed by atoms with Crippen LogP contribution in [0.1, 0.15) is 33.1 Å². The number of esters is 1. The van der Waals surface area contributed by atoms with Crippen molar-refractivity contribution in [2.75, 3.05) is 26.9 Å². The van der Waals surface area contributed by atoms with Gasteiger partial charge in [0, 0.05) is 0 Å². The average Bonchev–Trinajstić information content (AvgIpc) is 2.38. The standard InChI is InChI=1S/C13H24O5/c1-10(12(15)16-3)5-4-6-13(2)9-17-11(7-14)8-18-13/h10-11,14H,4-9H2,1-3H3/t10?,11?,13-/m0/s1. The van der Waals surface area contributed by atoms with Crippen molar-refractivity contribution in [2.24, 2.45) is 5.92 Å². The van der Waals surface area contributed by atoms with Crippen LogP contribution >= 0.6 is 0 Å². The van der Waals surface area contributed by atoms with Crippen LogP contribution in [0.3, 0.4) is 0 Å². The van der Waals surface area contributed by atoms with Gasteiger partial charge in [0.15, 0.2) is 0 Å². The van der Waals surface area contributed by atoms with Crippen LogP contribution in [0.5, 0.6) is 0 Å². The number of methoxy groups -OCH3 is 1. The maximum Gasteiger partial charge on any atom is 0.308 e. The van der Waals surface area contributed by atoms with Crippen LogP contribution in [-0.4, -0.2) is 49.7 Å². The third kappa shape index (κ3) is 4.55. The first kappa shape index (κ1) is 15.4. The number of hydrogen-bond acceptors (Lipinski definition) is 5. The van der Waals surface area contributed by atoms with E-state index in [1.165, 1.54) is 7.11 Å². The van der Waals surface area contributed by atoms with Gasteiger partial charge in [-0.3, -0.25) is 4.79 Å². The second kappa shape index (κ2) is 7.07. The number of ether oxygens (including phenoxy) is 3. The van der Waals surface area contributed by atoms with Gasteiger partial charge in [-0.15, -0.1) is 0 Å². The van der Waals surface area contributed by atoms with Crippen LogP contribution in [0.25, 0.3) is 0 Å². The summed E-state index contributed by atoms with van der Waals surface area (Å²) < 4.78 is 15.9. The van der Waals surface area contributed by atoms with Gasteiger partial charge in [-0.1, -0.05) is 6.92 Å². The van der Waals surface area contributed by atoms with Crippen molar-refractivity contribution in [3.8, 4) is 0 Å². The van der Waals surface area contributed by atoms with Gasteiger partial charge in [0.1, 0.15) is 6.10 Å². The van der Waals surface area contributed by atoms with E-state index in [1.807, 2.05) is 13.8 Å². The smallest absolute Gasteiger partial charge is 0.308 e. The highest BCUT2D eigenvalue weighted by Gasteiger charge is 2.32. The van der Waals surface area contributed by atoms with Gasteiger partial charge < -0.3 is 19.3 Å². The summed E-state index contributed by atoms with van der Waals surface area (Å²) in [6.07, 6.45) is 2.31. The third-order valence-corrected chi connectivity index (χ3v) is 3.39. The summed E-state index contributed by atoms with van der Waals surface area (Å²) in [5.74, 6) is -0.241. The van der Waals surface area contributed by atoms with E-state index in [1.54, 1.807) is 0 Å². The zero-order valence-electron chi connectivity index (χ0n) is 11.5. The van der Waals surface area contributed by atoms with Crippen LogP contribution < -0.4 is 0 Å². The zero-order valence-corrected chi connectivity index (χ0v) is 11.5. The first-order valence-corrected chi connectivity index (χ1v) is 6.45. The molecule has 1 saturated heterocycles. The van der Waals surface area contributed by atoms with E-state index < -0.39 is 0 Å². The molecular weight excluding hydrogens is 236 g/mol. The predicted octanol–water partition coefficient (Wildman–Crippen LogP) is 1.13. The minimum atomic E-state index is -0.304. The third-order valence-electron chi connectivity index (χ3n) is 3.39. The van der Waals surface area contributed by atoms with Crippen LogP contribution in [0.2, 0.25) is 0 Å². The van der Waals surface area contributed by atoms with E-state index in [0.29, 0.717) is 13.2 Å². The largest absolute Gasteiger partial charge is 0.469 e. The molecule has 106 valence electrons. The summed E-state index contributed by atoms with van der Waals surface area (Å²) in [7, 11) is 1.41. The maximum atomic E-state index is 11.2. The molecule has 0 bridgehead atoms. The molecule has 0 aromatic rings. The molecule has 0 spiro atoms. The van der Waals surface area contributed by atoms with Gasteiger partial charge in [-0.05, 0) is 26.2 Å². The Morgan fingerprint density at radius 2 is 2.33 bits per heavy atom. The summed E-state index contributed by atoms with van der Waals surface area (Å²) in [6, 6.07) is 0. The van der Waals surface area contributed by atoms with Crippen molar-refractivity contribution >= 4 is 5.97 Å². The molecule has 0 aliphatic carbocycles. The number of hydrogen-bond donors (Lipinski definition) is 1. The van der Waals surface area contributed by atoms with E-state index in [0.717, 1.165) is 19.3 Å². The van der Waals surface area contributed by atoms with Crippen LogP contribution in [0, 0.1) is 5.92 Å². The highest BCUT2D eigenvalue weighted by molar-refractivity contribution is 5.71. The first-order chi connectivity index (χ1) is 8.50. The number of rotatable bonds is 6. The van der Waals surface area contributed by atoms with Crippen LogP contribution in [0.4, 0.5) is 0 Å². The monoisotopic (exact) mass is 260 g/mol. The summed E-state index contributed by atoms with van der Waals surface area (Å²) in [5.41, 5.74) is -0.304. The number of carbonyl (C=O) groups excluding carboxylic acids is 1. The molecule has 0 radical (unpaired) electrons. The molecule has 0 aromatic heterocycles. The lowest BCUT2D eigenvalue weighted by Gasteiger charge is -2.37. The molecule has 18 heavy (non-hydrogen) atoms. The highest BCUT2D eigenvalue weighted by Crippen LogP contribution is 2.25. The summed E-state index contributed by atoms with van der Waals surface area (Å²) >= 11 is 0. The predicted molar refractivity (Wildman–Crippen MR) is 66.2 cm³/mol. The molecule has 1 heterocycles. The van der Waals surface area contributed by atoms with E-state index in [4.69, 9.17) is 14.6 Å². The van der Waals surface area contributed by atoms with Crippen LogP contribution in [0.15, 0.2) is 0 Å². The molecule has 2 unspecified atom stereocenters. The minimum absolute atomic E-state index is 0.00451. The highest BCUT2D eigenvalue weighted by atomic mass is 16.6. The molecule has 1 N–H and O–H groups in total. The van der Waals surface area contributed by atoms with Crippen molar-refractivity contribution < 1.29 is 24.1 Å². The lowest BCUT2D eigenvalue weighted by molar-refractivity contribution is -0.193. The summed E-state index contributed by atoms with van der Waals surface area (Å²) in [4.78, 5) is 11.2. The molecule has 0 saturated carbocycles. The Labute approximate surface area is 108 Å². The zero-order chi connectivity index (χ0) is 13.6. The van der Waals surface area contributed by atoms with Crippen molar-refractivity contribution in [3.63, 3.8) is 0 Å². The van der Waals surface area contributed by atoms with Crippen molar-refractivity contribution in [3.05, 3.63) is 0 Å². The fraction of sp³-hybridized carbons (Fsp3) is 0.923. The van der Waals surface area contributed by atoms with E-state index in [-0.39, 0.29) is 30.2 Å². The van der Waals surface area contributed by atoms with Gasteiger partial charge in [0.2, 0.25) is 0 Å². The molecule has 0 amide bonds. The van der Waals surface area contributed by atoms with Crippen molar-refractivity contribution in [1.29, 1.82) is 0 Å². The normalized spacial score (nSPS) is 29.9. The van der Waals surface area contributed by atoms with Gasteiger partial charge >= 0.3 is 5.97 Å². The molecule has 5 nitrogen and oxygen atoms in total. The molecule has 3 atom stereocenters. The average molecular weight is 260 g/mol. The van der Waals surface area contributed by atoms with Crippen LogP contribution in [-0.2, 0) is 19.0 Å². The molecule has 1 aliphatic rings. The van der Waals surface area contributed by atoms with E-state index in [2.05, 4.69) is 4.74 Å². The van der Waals surface area contributed by atoms with E-state index in [9.17, 15) is 4.79 Å². The number of carbonyl (C=O) groups is 1. The molecule has 5 heteroatoms. The number of aliphatic hydroxyl groups excluding tert-OH is 1. The topological polar surface area (TPSA) is 65.0 Å².